The molecule has 1 aliphatic carbocycles. The Labute approximate surface area is 208 Å². The van der Waals surface area contributed by atoms with Crippen molar-refractivity contribution in [1.29, 1.82) is 0 Å². The fourth-order valence-electron chi connectivity index (χ4n) is 4.31. The highest BCUT2D eigenvalue weighted by Crippen LogP contribution is 2.41. The Kier molecular flexibility index (Phi) is 6.41. The smallest absolute Gasteiger partial charge is 0.244 e. The zero-order chi connectivity index (χ0) is 24.7. The van der Waals surface area contributed by atoms with Crippen molar-refractivity contribution in [2.24, 2.45) is 5.92 Å². The molecule has 9 nitrogen and oxygen atoms in total. The summed E-state index contributed by atoms with van der Waals surface area (Å²) in [6.45, 7) is 4.30. The molecule has 186 valence electrons. The van der Waals surface area contributed by atoms with Crippen LogP contribution in [0.1, 0.15) is 47.9 Å². The van der Waals surface area contributed by atoms with Crippen LogP contribution in [0.2, 0.25) is 0 Å². The number of amides is 1. The average Bonchev–Trinajstić information content (AvgIpc) is 3.43. The van der Waals surface area contributed by atoms with Crippen LogP contribution in [0.15, 0.2) is 33.7 Å². The Bertz CT molecular complexity index is 1350. The van der Waals surface area contributed by atoms with E-state index >= 15 is 0 Å². The Morgan fingerprint density at radius 3 is 2.60 bits per heavy atom. The number of aromatic nitrogens is 2. The lowest BCUT2D eigenvalue weighted by Gasteiger charge is -2.30. The van der Waals surface area contributed by atoms with E-state index in [2.05, 4.69) is 15.5 Å². The van der Waals surface area contributed by atoms with Crippen LogP contribution in [0.25, 0.3) is 10.7 Å². The number of ether oxygens (including phenoxy) is 1. The molecule has 0 radical (unpaired) electrons. The van der Waals surface area contributed by atoms with Gasteiger partial charge < -0.3 is 14.6 Å². The molecule has 5 rings (SSSR count). The molecular formula is C24H28N4O5S2. The molecule has 2 fully saturated rings. The van der Waals surface area contributed by atoms with Crippen molar-refractivity contribution in [2.45, 2.75) is 50.3 Å². The third-order valence-electron chi connectivity index (χ3n) is 6.52. The third-order valence-corrected chi connectivity index (χ3v) is 9.72. The lowest BCUT2D eigenvalue weighted by atomic mass is 9.97. The van der Waals surface area contributed by atoms with E-state index in [1.807, 2.05) is 25.1 Å². The van der Waals surface area contributed by atoms with Gasteiger partial charge in [-0.3, -0.25) is 4.79 Å². The minimum absolute atomic E-state index is 0.122. The first-order valence-electron chi connectivity index (χ1n) is 11.7. The summed E-state index contributed by atoms with van der Waals surface area (Å²) in [4.78, 5) is 19.0. The standard InChI is InChI=1S/C24H28N4O5S2/c1-14-4-7-19(32-3)18(12-14)25-23(29)16-8-10-28(11-9-16)35(30,31)21-13-20(34-15(21)2)22-26-24(33-27-22)17-5-6-17/h4,7,12-13,16-17H,5-6,8-11H2,1-3H3,(H,25,29). The zero-order valence-corrected chi connectivity index (χ0v) is 21.5. The fourth-order valence-corrected chi connectivity index (χ4v) is 7.27. The molecule has 1 aliphatic heterocycles. The monoisotopic (exact) mass is 516 g/mol. The van der Waals surface area contributed by atoms with E-state index in [1.165, 1.54) is 15.6 Å². The van der Waals surface area contributed by atoms with Gasteiger partial charge in [0.15, 0.2) is 0 Å². The molecule has 1 amide bonds. The van der Waals surface area contributed by atoms with Gasteiger partial charge in [-0.05, 0) is 63.3 Å². The van der Waals surface area contributed by atoms with Crippen molar-refractivity contribution in [3.05, 3.63) is 40.6 Å². The highest BCUT2D eigenvalue weighted by molar-refractivity contribution is 7.89. The molecule has 3 aromatic rings. The lowest BCUT2D eigenvalue weighted by molar-refractivity contribution is -0.120. The molecule has 0 unspecified atom stereocenters. The van der Waals surface area contributed by atoms with Crippen molar-refractivity contribution in [3.63, 3.8) is 0 Å². The second kappa shape index (κ2) is 9.36. The van der Waals surface area contributed by atoms with Crippen LogP contribution in [-0.4, -0.2) is 49.0 Å². The lowest BCUT2D eigenvalue weighted by Crippen LogP contribution is -2.41. The van der Waals surface area contributed by atoms with Gasteiger partial charge in [-0.25, -0.2) is 8.42 Å². The highest BCUT2D eigenvalue weighted by Gasteiger charge is 2.35. The van der Waals surface area contributed by atoms with Gasteiger partial charge in [0.25, 0.3) is 0 Å². The Morgan fingerprint density at radius 1 is 1.17 bits per heavy atom. The summed E-state index contributed by atoms with van der Waals surface area (Å²) in [6.07, 6.45) is 3.00. The average molecular weight is 517 g/mol. The Morgan fingerprint density at radius 2 is 1.91 bits per heavy atom. The van der Waals surface area contributed by atoms with Crippen LogP contribution < -0.4 is 10.1 Å². The molecule has 11 heteroatoms. The highest BCUT2D eigenvalue weighted by atomic mass is 32.2. The maximum absolute atomic E-state index is 13.4. The number of methoxy groups -OCH3 is 1. The van der Waals surface area contributed by atoms with Crippen molar-refractivity contribution < 1.29 is 22.5 Å². The molecule has 1 saturated carbocycles. The first kappa shape index (κ1) is 24.0. The summed E-state index contributed by atoms with van der Waals surface area (Å²) < 4.78 is 39.0. The molecule has 1 saturated heterocycles. The van der Waals surface area contributed by atoms with Crippen LogP contribution in [-0.2, 0) is 14.8 Å². The van der Waals surface area contributed by atoms with Gasteiger partial charge >= 0.3 is 0 Å². The van der Waals surface area contributed by atoms with Crippen molar-refractivity contribution in [2.75, 3.05) is 25.5 Å². The maximum Gasteiger partial charge on any atom is 0.244 e. The number of benzene rings is 1. The number of aryl methyl sites for hydroxylation is 2. The first-order valence-corrected chi connectivity index (χ1v) is 13.9. The summed E-state index contributed by atoms with van der Waals surface area (Å²) in [5.74, 6) is 1.60. The number of rotatable bonds is 7. The zero-order valence-electron chi connectivity index (χ0n) is 19.9. The summed E-state index contributed by atoms with van der Waals surface area (Å²) >= 11 is 1.35. The number of anilines is 1. The van der Waals surface area contributed by atoms with Crippen LogP contribution in [0.4, 0.5) is 5.69 Å². The normalized spacial score (nSPS) is 17.5. The molecule has 1 aromatic carbocycles. The van der Waals surface area contributed by atoms with Crippen LogP contribution in [0.5, 0.6) is 5.75 Å². The van der Waals surface area contributed by atoms with Gasteiger partial charge in [0.05, 0.1) is 22.6 Å². The fraction of sp³-hybridized carbons (Fsp3) is 0.458. The molecule has 0 atom stereocenters. The largest absolute Gasteiger partial charge is 0.495 e. The number of carbonyl (C=O) groups excluding carboxylic acids is 1. The second-order valence-corrected chi connectivity index (χ2v) is 12.3. The topological polar surface area (TPSA) is 115 Å². The molecule has 2 aromatic heterocycles. The summed E-state index contributed by atoms with van der Waals surface area (Å²) in [5.41, 5.74) is 1.64. The second-order valence-electron chi connectivity index (χ2n) is 9.13. The predicted molar refractivity (Wildman–Crippen MR) is 132 cm³/mol. The summed E-state index contributed by atoms with van der Waals surface area (Å²) in [5, 5.41) is 6.99. The quantitative estimate of drug-likeness (QED) is 0.497. The van der Waals surface area contributed by atoms with Gasteiger partial charge in [0.2, 0.25) is 27.6 Å². The molecule has 0 spiro atoms. The molecule has 0 bridgehead atoms. The summed E-state index contributed by atoms with van der Waals surface area (Å²) in [7, 11) is -2.13. The number of sulfonamides is 1. The van der Waals surface area contributed by atoms with Crippen molar-refractivity contribution in [3.8, 4) is 16.5 Å². The number of nitrogens with zero attached hydrogens (tertiary/aromatic N) is 3. The van der Waals surface area contributed by atoms with Crippen molar-refractivity contribution >= 4 is 33.0 Å². The van der Waals surface area contributed by atoms with Gasteiger partial charge in [0, 0.05) is 29.8 Å². The molecule has 2 aliphatic rings. The van der Waals surface area contributed by atoms with Crippen molar-refractivity contribution in [1.82, 2.24) is 14.4 Å². The first-order chi connectivity index (χ1) is 16.8. The number of piperidine rings is 1. The minimum atomic E-state index is -3.70. The maximum atomic E-state index is 13.4. The van der Waals surface area contributed by atoms with E-state index < -0.39 is 10.0 Å². The van der Waals surface area contributed by atoms with E-state index in [0.29, 0.717) is 51.7 Å². The number of thiophene rings is 1. The van der Waals surface area contributed by atoms with E-state index in [1.54, 1.807) is 20.1 Å². The summed E-state index contributed by atoms with van der Waals surface area (Å²) in [6, 6.07) is 7.24. The molecule has 3 heterocycles. The van der Waals surface area contributed by atoms with Crippen LogP contribution in [0, 0.1) is 19.8 Å². The van der Waals surface area contributed by atoms with Crippen LogP contribution >= 0.6 is 11.3 Å². The van der Waals surface area contributed by atoms with Gasteiger partial charge in [-0.15, -0.1) is 11.3 Å². The van der Waals surface area contributed by atoms with E-state index in [4.69, 9.17) is 9.26 Å². The van der Waals surface area contributed by atoms with E-state index in [9.17, 15) is 13.2 Å². The number of carbonyl (C=O) groups is 1. The van der Waals surface area contributed by atoms with Gasteiger partial charge in [0.1, 0.15) is 5.75 Å². The predicted octanol–water partition coefficient (Wildman–Crippen LogP) is 4.34. The SMILES string of the molecule is COc1ccc(C)cc1NC(=O)C1CCN(S(=O)(=O)c2cc(-c3noc(C4CC4)n3)sc2C)CC1. The molecule has 35 heavy (non-hydrogen) atoms. The minimum Gasteiger partial charge on any atom is -0.495 e. The number of hydrogen-bond donors (Lipinski definition) is 1. The van der Waals surface area contributed by atoms with Crippen LogP contribution in [0.3, 0.4) is 0 Å². The van der Waals surface area contributed by atoms with E-state index in [0.717, 1.165) is 18.4 Å². The molecular weight excluding hydrogens is 488 g/mol. The Hall–Kier alpha value is -2.76. The van der Waals surface area contributed by atoms with Gasteiger partial charge in [-0.2, -0.15) is 9.29 Å². The van der Waals surface area contributed by atoms with Gasteiger partial charge in [-0.1, -0.05) is 11.2 Å². The Balaban J connectivity index is 1.25. The third kappa shape index (κ3) is 4.85. The number of nitrogens with one attached hydrogen (secondary N) is 1. The molecule has 1 N–H and O–H groups in total. The number of hydrogen-bond acceptors (Lipinski definition) is 8. The van der Waals surface area contributed by atoms with E-state index in [-0.39, 0.29) is 29.8 Å².